The average Bonchev–Trinajstić information content (AvgIpc) is 3.25. The van der Waals surface area contributed by atoms with Gasteiger partial charge >= 0.3 is 0 Å². The average molecular weight is 462 g/mol. The van der Waals surface area contributed by atoms with E-state index >= 15 is 0 Å². The molecule has 1 amide bonds. The van der Waals surface area contributed by atoms with Crippen LogP contribution in [0.4, 0.5) is 10.3 Å². The summed E-state index contributed by atoms with van der Waals surface area (Å²) in [5.74, 6) is 0.957. The van der Waals surface area contributed by atoms with Gasteiger partial charge in [0.1, 0.15) is 5.54 Å². The predicted molar refractivity (Wildman–Crippen MR) is 129 cm³/mol. The van der Waals surface area contributed by atoms with E-state index in [9.17, 15) is 9.18 Å². The number of anilines is 1. The molecule has 0 bridgehead atoms. The van der Waals surface area contributed by atoms with Crippen LogP contribution in [-0.4, -0.2) is 39.9 Å². The molecule has 168 valence electrons. The van der Waals surface area contributed by atoms with Crippen molar-refractivity contribution in [2.24, 2.45) is 10.9 Å². The minimum absolute atomic E-state index is 0.173. The van der Waals surface area contributed by atoms with Crippen molar-refractivity contribution in [2.45, 2.75) is 18.9 Å². The number of benzene rings is 2. The molecule has 1 aromatic heterocycles. The lowest BCUT2D eigenvalue weighted by Gasteiger charge is -2.35. The molecule has 0 radical (unpaired) electrons. The molecule has 2 aliphatic rings. The summed E-state index contributed by atoms with van der Waals surface area (Å²) in [5.41, 5.74) is 1.55. The third-order valence-corrected chi connectivity index (χ3v) is 7.26. The highest BCUT2D eigenvalue weighted by atomic mass is 32.2. The van der Waals surface area contributed by atoms with Gasteiger partial charge in [-0.15, -0.1) is 0 Å². The maximum atomic E-state index is 14.0. The number of carbonyl (C=O) groups is 1. The van der Waals surface area contributed by atoms with Crippen LogP contribution in [0.1, 0.15) is 28.5 Å². The van der Waals surface area contributed by atoms with Crippen molar-refractivity contribution >= 4 is 28.8 Å². The summed E-state index contributed by atoms with van der Waals surface area (Å²) in [4.78, 5) is 28.7. The highest BCUT2D eigenvalue weighted by Crippen LogP contribution is 2.46. The van der Waals surface area contributed by atoms with E-state index in [-0.39, 0.29) is 17.6 Å². The first-order valence-electron chi connectivity index (χ1n) is 11.0. The van der Waals surface area contributed by atoms with E-state index < -0.39 is 5.54 Å². The molecule has 3 heterocycles. The van der Waals surface area contributed by atoms with Crippen LogP contribution in [-0.2, 0) is 12.0 Å². The number of hydrogen-bond donors (Lipinski definition) is 1. The van der Waals surface area contributed by atoms with Gasteiger partial charge in [-0.3, -0.25) is 4.79 Å². The molecule has 0 unspecified atom stereocenters. The van der Waals surface area contributed by atoms with Gasteiger partial charge < -0.3 is 10.2 Å². The fourth-order valence-corrected chi connectivity index (χ4v) is 5.63. The maximum Gasteiger partial charge on any atom is 0.257 e. The molecule has 8 heteroatoms. The molecule has 1 fully saturated rings. The molecule has 5 rings (SSSR count). The monoisotopic (exact) mass is 461 g/mol. The molecule has 6 nitrogen and oxygen atoms in total. The summed E-state index contributed by atoms with van der Waals surface area (Å²) >= 11 is 1.55. The molecule has 3 aromatic rings. The number of rotatable bonds is 4. The summed E-state index contributed by atoms with van der Waals surface area (Å²) < 4.78 is 14.0. The highest BCUT2D eigenvalue weighted by molar-refractivity contribution is 8.13. The largest absolute Gasteiger partial charge is 0.338 e. The Hall–Kier alpha value is -3.26. The Morgan fingerprint density at radius 1 is 1.18 bits per heavy atom. The maximum absolute atomic E-state index is 14.0. The Morgan fingerprint density at radius 3 is 2.64 bits per heavy atom. The highest BCUT2D eigenvalue weighted by Gasteiger charge is 2.51. The predicted octanol–water partition coefficient (Wildman–Crippen LogP) is 4.04. The van der Waals surface area contributed by atoms with Crippen LogP contribution in [0, 0.1) is 11.7 Å². The van der Waals surface area contributed by atoms with Gasteiger partial charge in [-0.25, -0.2) is 19.4 Å². The molecule has 33 heavy (non-hydrogen) atoms. The van der Waals surface area contributed by atoms with Crippen LogP contribution >= 0.6 is 11.8 Å². The number of nitrogens with zero attached hydrogens (tertiary/aromatic N) is 4. The van der Waals surface area contributed by atoms with E-state index in [1.54, 1.807) is 23.9 Å². The van der Waals surface area contributed by atoms with Gasteiger partial charge in [0.2, 0.25) is 5.95 Å². The number of hydrogen-bond acceptors (Lipinski definition) is 6. The Morgan fingerprint density at radius 2 is 1.91 bits per heavy atom. The first-order chi connectivity index (χ1) is 16.1. The Balaban J connectivity index is 1.49. The first kappa shape index (κ1) is 21.6. The lowest BCUT2D eigenvalue weighted by Crippen LogP contribution is -2.42. The van der Waals surface area contributed by atoms with Gasteiger partial charge in [0, 0.05) is 23.8 Å². The van der Waals surface area contributed by atoms with Gasteiger partial charge in [-0.1, -0.05) is 67.2 Å². The number of halogens is 1. The number of nitrogens with one attached hydrogen (secondary N) is 1. The second-order valence-electron chi connectivity index (χ2n) is 8.23. The van der Waals surface area contributed by atoms with Gasteiger partial charge in [0.05, 0.1) is 18.4 Å². The van der Waals surface area contributed by atoms with E-state index in [1.165, 1.54) is 6.20 Å². The molecule has 0 spiro atoms. The van der Waals surface area contributed by atoms with Crippen LogP contribution in [0.25, 0.3) is 0 Å². The number of aryl methyl sites for hydroxylation is 1. The minimum atomic E-state index is -0.546. The third-order valence-electron chi connectivity index (χ3n) is 6.22. The van der Waals surface area contributed by atoms with Gasteiger partial charge in [-0.2, -0.15) is 0 Å². The van der Waals surface area contributed by atoms with Crippen LogP contribution < -0.4 is 10.2 Å². The molecule has 0 saturated carbocycles. The van der Waals surface area contributed by atoms with Crippen molar-refractivity contribution < 1.29 is 9.18 Å². The van der Waals surface area contributed by atoms with Gasteiger partial charge in [-0.05, 0) is 24.1 Å². The Kier molecular flexibility index (Phi) is 5.85. The lowest BCUT2D eigenvalue weighted by atomic mass is 9.82. The number of amidine groups is 1. The summed E-state index contributed by atoms with van der Waals surface area (Å²) in [6, 6.07) is 19.3. The van der Waals surface area contributed by atoms with Crippen LogP contribution in [0.3, 0.4) is 0 Å². The zero-order chi connectivity index (χ0) is 22.8. The zero-order valence-corrected chi connectivity index (χ0v) is 19.1. The number of fused-ring (bicyclic) bond motifs is 1. The second kappa shape index (κ2) is 8.94. The normalized spacial score (nSPS) is 21.9. The van der Waals surface area contributed by atoms with Crippen molar-refractivity contribution in [2.75, 3.05) is 23.7 Å². The minimum Gasteiger partial charge on any atom is -0.338 e. The van der Waals surface area contributed by atoms with E-state index in [1.807, 2.05) is 43.3 Å². The van der Waals surface area contributed by atoms with E-state index in [0.717, 1.165) is 11.3 Å². The van der Waals surface area contributed by atoms with Crippen molar-refractivity contribution in [3.63, 3.8) is 0 Å². The van der Waals surface area contributed by atoms with Crippen molar-refractivity contribution in [3.05, 3.63) is 89.5 Å². The number of amides is 1. The second-order valence-corrected chi connectivity index (χ2v) is 9.24. The third kappa shape index (κ3) is 4.11. The fourth-order valence-electron chi connectivity index (χ4n) is 4.50. The Labute approximate surface area is 196 Å². The SMILES string of the molecule is CCc1nc(N2C[C@H]3CSC(NC(=O)c4ccccc4)=N[C@@]3(c3ccccc3)C2)ncc1F. The van der Waals surface area contributed by atoms with E-state index in [0.29, 0.717) is 41.9 Å². The molecule has 2 aliphatic heterocycles. The smallest absolute Gasteiger partial charge is 0.257 e. The first-order valence-corrected chi connectivity index (χ1v) is 12.0. The quantitative estimate of drug-likeness (QED) is 0.635. The summed E-state index contributed by atoms with van der Waals surface area (Å²) in [6.45, 7) is 3.15. The van der Waals surface area contributed by atoms with Gasteiger partial charge in [0.15, 0.2) is 11.0 Å². The molecule has 0 aliphatic carbocycles. The number of carbonyl (C=O) groups excluding carboxylic acids is 1. The van der Waals surface area contributed by atoms with E-state index in [2.05, 4.69) is 32.3 Å². The van der Waals surface area contributed by atoms with E-state index in [4.69, 9.17) is 4.99 Å². The Bertz CT molecular complexity index is 1190. The topological polar surface area (TPSA) is 70.5 Å². The summed E-state index contributed by atoms with van der Waals surface area (Å²) in [5, 5.41) is 3.61. The molecular weight excluding hydrogens is 437 g/mol. The summed E-state index contributed by atoms with van der Waals surface area (Å²) in [7, 11) is 0. The standard InChI is InChI=1S/C25H24FN5OS/c1-2-21-20(26)13-27-23(28-21)31-14-19-15-33-24(29-22(32)17-9-5-3-6-10-17)30-25(19,16-31)18-11-7-4-8-12-18/h3-13,19H,2,14-16H2,1H3,(H,29,30,32)/t19-,25+/m0/s1. The molecule has 2 atom stereocenters. The number of thioether (sulfide) groups is 1. The summed E-state index contributed by atoms with van der Waals surface area (Å²) in [6.07, 6.45) is 1.76. The molecule has 1 saturated heterocycles. The van der Waals surface area contributed by atoms with Crippen LogP contribution in [0.2, 0.25) is 0 Å². The van der Waals surface area contributed by atoms with Crippen molar-refractivity contribution in [1.29, 1.82) is 0 Å². The molecule has 1 N–H and O–H groups in total. The number of aromatic nitrogens is 2. The van der Waals surface area contributed by atoms with Crippen LogP contribution in [0.15, 0.2) is 71.9 Å². The molecular formula is C25H24FN5OS. The zero-order valence-electron chi connectivity index (χ0n) is 18.2. The van der Waals surface area contributed by atoms with Gasteiger partial charge in [0.25, 0.3) is 5.91 Å². The van der Waals surface area contributed by atoms with Crippen molar-refractivity contribution in [3.8, 4) is 0 Å². The molecule has 2 aromatic carbocycles. The fraction of sp³-hybridized carbons (Fsp3) is 0.280. The van der Waals surface area contributed by atoms with Crippen LogP contribution in [0.5, 0.6) is 0 Å². The number of aliphatic imine (C=N–C) groups is 1. The van der Waals surface area contributed by atoms with Crippen molar-refractivity contribution in [1.82, 2.24) is 15.3 Å². The lowest BCUT2D eigenvalue weighted by molar-refractivity contribution is 0.0977.